The lowest BCUT2D eigenvalue weighted by atomic mass is 10.3. The number of nitrogens with one attached hydrogen (secondary N) is 3. The van der Waals surface area contributed by atoms with Gasteiger partial charge in [-0.1, -0.05) is 0 Å². The van der Waals surface area contributed by atoms with Gasteiger partial charge in [0.1, 0.15) is 11.6 Å². The summed E-state index contributed by atoms with van der Waals surface area (Å²) >= 11 is 0. The Bertz CT molecular complexity index is 628. The molecular weight excluding hydrogens is 221 g/mol. The van der Waals surface area contributed by atoms with Crippen molar-refractivity contribution in [2.75, 3.05) is 5.32 Å². The van der Waals surface area contributed by atoms with Crippen molar-refractivity contribution < 1.29 is 4.39 Å². The lowest BCUT2D eigenvalue weighted by Gasteiger charge is -1.98. The number of benzene rings is 1. The van der Waals surface area contributed by atoms with Crippen LogP contribution in [-0.4, -0.2) is 19.9 Å². The van der Waals surface area contributed by atoms with Crippen LogP contribution in [0.5, 0.6) is 0 Å². The number of rotatable bonds is 3. The Morgan fingerprint density at radius 1 is 1.35 bits per heavy atom. The highest BCUT2D eigenvalue weighted by atomic mass is 19.1. The Hall–Kier alpha value is -2.37. The summed E-state index contributed by atoms with van der Waals surface area (Å²) < 4.78 is 13.0. The monoisotopic (exact) mass is 231 g/mol. The molecule has 0 saturated heterocycles. The van der Waals surface area contributed by atoms with Gasteiger partial charge >= 0.3 is 0 Å². The first kappa shape index (κ1) is 9.83. The molecule has 0 aliphatic carbocycles. The Kier molecular flexibility index (Phi) is 2.25. The first-order chi connectivity index (χ1) is 8.31. The van der Waals surface area contributed by atoms with Crippen LogP contribution in [0, 0.1) is 5.82 Å². The topological polar surface area (TPSA) is 69.4 Å². The van der Waals surface area contributed by atoms with E-state index in [2.05, 4.69) is 25.3 Å². The highest BCUT2D eigenvalue weighted by Gasteiger charge is 2.03. The lowest BCUT2D eigenvalue weighted by Crippen LogP contribution is -2.02. The minimum Gasteiger partial charge on any atom is -0.349 e. The smallest absolute Gasteiger partial charge is 0.201 e. The number of hydrogen-bond acceptors (Lipinski definition) is 3. The highest BCUT2D eigenvalue weighted by molar-refractivity contribution is 5.77. The fraction of sp³-hybridized carbons (Fsp3) is 0.0909. The number of H-pyrrole nitrogens is 2. The van der Waals surface area contributed by atoms with E-state index in [1.54, 1.807) is 18.5 Å². The zero-order valence-electron chi connectivity index (χ0n) is 8.87. The van der Waals surface area contributed by atoms with Gasteiger partial charge in [-0.2, -0.15) is 0 Å². The average molecular weight is 231 g/mol. The van der Waals surface area contributed by atoms with Gasteiger partial charge < -0.3 is 15.3 Å². The van der Waals surface area contributed by atoms with Crippen LogP contribution in [0.4, 0.5) is 10.3 Å². The van der Waals surface area contributed by atoms with Crippen molar-refractivity contribution >= 4 is 17.0 Å². The van der Waals surface area contributed by atoms with E-state index in [4.69, 9.17) is 0 Å². The molecule has 17 heavy (non-hydrogen) atoms. The van der Waals surface area contributed by atoms with Crippen LogP contribution in [0.25, 0.3) is 11.0 Å². The zero-order chi connectivity index (χ0) is 11.7. The van der Waals surface area contributed by atoms with Crippen molar-refractivity contribution in [3.63, 3.8) is 0 Å². The number of halogens is 1. The standard InChI is InChI=1S/C11H10FN5/c12-7-1-2-8-9(5-7)17-11(16-8)15-6-10-13-3-4-14-10/h1-5H,6H2,(H,13,14)(H2,15,16,17). The largest absolute Gasteiger partial charge is 0.349 e. The molecule has 0 spiro atoms. The summed E-state index contributed by atoms with van der Waals surface area (Å²) in [5.41, 5.74) is 1.40. The summed E-state index contributed by atoms with van der Waals surface area (Å²) in [7, 11) is 0. The quantitative estimate of drug-likeness (QED) is 0.646. The third-order valence-corrected chi connectivity index (χ3v) is 2.42. The van der Waals surface area contributed by atoms with E-state index in [9.17, 15) is 4.39 Å². The Labute approximate surface area is 96.1 Å². The van der Waals surface area contributed by atoms with Crippen LogP contribution in [-0.2, 0) is 6.54 Å². The molecule has 0 aliphatic heterocycles. The first-order valence-electron chi connectivity index (χ1n) is 5.19. The molecule has 0 unspecified atom stereocenters. The zero-order valence-corrected chi connectivity index (χ0v) is 8.87. The fourth-order valence-corrected chi connectivity index (χ4v) is 1.63. The second-order valence-electron chi connectivity index (χ2n) is 3.64. The molecular formula is C11H10FN5. The Morgan fingerprint density at radius 2 is 2.29 bits per heavy atom. The van der Waals surface area contributed by atoms with Gasteiger partial charge in [-0.3, -0.25) is 0 Å². The molecule has 3 N–H and O–H groups in total. The molecule has 3 rings (SSSR count). The van der Waals surface area contributed by atoms with Crippen LogP contribution in [0.2, 0.25) is 0 Å². The third-order valence-electron chi connectivity index (χ3n) is 2.42. The minimum atomic E-state index is -0.279. The normalized spacial score (nSPS) is 10.9. The van der Waals surface area contributed by atoms with Crippen molar-refractivity contribution in [1.29, 1.82) is 0 Å². The summed E-state index contributed by atoms with van der Waals surface area (Å²) in [4.78, 5) is 14.3. The van der Waals surface area contributed by atoms with Gasteiger partial charge in [0.25, 0.3) is 0 Å². The summed E-state index contributed by atoms with van der Waals surface area (Å²) in [5, 5.41) is 3.07. The van der Waals surface area contributed by atoms with Gasteiger partial charge in [-0.15, -0.1) is 0 Å². The number of fused-ring (bicyclic) bond motifs is 1. The third kappa shape index (κ3) is 1.96. The maximum atomic E-state index is 13.0. The maximum Gasteiger partial charge on any atom is 0.201 e. The maximum absolute atomic E-state index is 13.0. The van der Waals surface area contributed by atoms with Gasteiger partial charge in [0.15, 0.2) is 0 Å². The molecule has 2 aromatic heterocycles. The number of imidazole rings is 2. The van der Waals surface area contributed by atoms with Crippen LogP contribution < -0.4 is 5.32 Å². The van der Waals surface area contributed by atoms with Crippen molar-refractivity contribution in [2.45, 2.75) is 6.54 Å². The van der Waals surface area contributed by atoms with Crippen molar-refractivity contribution in [3.05, 3.63) is 42.2 Å². The van der Waals surface area contributed by atoms with Crippen LogP contribution in [0.15, 0.2) is 30.6 Å². The van der Waals surface area contributed by atoms with Gasteiger partial charge in [0, 0.05) is 12.4 Å². The van der Waals surface area contributed by atoms with Crippen LogP contribution >= 0.6 is 0 Å². The van der Waals surface area contributed by atoms with Gasteiger partial charge in [-0.05, 0) is 18.2 Å². The summed E-state index contributed by atoms with van der Waals surface area (Å²) in [5.74, 6) is 1.14. The van der Waals surface area contributed by atoms with E-state index >= 15 is 0 Å². The molecule has 6 heteroatoms. The minimum absolute atomic E-state index is 0.279. The molecule has 0 atom stereocenters. The Balaban J connectivity index is 1.81. The fourth-order valence-electron chi connectivity index (χ4n) is 1.63. The molecule has 1 aromatic carbocycles. The number of aromatic nitrogens is 4. The molecule has 5 nitrogen and oxygen atoms in total. The van der Waals surface area contributed by atoms with Gasteiger partial charge in [-0.25, -0.2) is 14.4 Å². The number of anilines is 1. The van der Waals surface area contributed by atoms with Gasteiger partial charge in [0.05, 0.1) is 17.6 Å². The average Bonchev–Trinajstić information content (AvgIpc) is 2.94. The molecule has 0 saturated carbocycles. The molecule has 86 valence electrons. The van der Waals surface area contributed by atoms with Crippen LogP contribution in [0.1, 0.15) is 5.82 Å². The SMILES string of the molecule is Fc1ccc2nc(NCc3ncc[nH]3)[nH]c2c1. The van der Waals surface area contributed by atoms with E-state index in [1.165, 1.54) is 12.1 Å². The second-order valence-corrected chi connectivity index (χ2v) is 3.64. The van der Waals surface area contributed by atoms with Crippen molar-refractivity contribution in [2.24, 2.45) is 0 Å². The predicted molar refractivity (Wildman–Crippen MR) is 62.0 cm³/mol. The summed E-state index contributed by atoms with van der Waals surface area (Å²) in [6.45, 7) is 0.537. The van der Waals surface area contributed by atoms with Gasteiger partial charge in [0.2, 0.25) is 5.95 Å². The highest BCUT2D eigenvalue weighted by Crippen LogP contribution is 2.15. The van der Waals surface area contributed by atoms with E-state index in [-0.39, 0.29) is 5.82 Å². The molecule has 2 heterocycles. The first-order valence-corrected chi connectivity index (χ1v) is 5.19. The van der Waals surface area contributed by atoms with E-state index in [1.807, 2.05) is 0 Å². The molecule has 0 fully saturated rings. The summed E-state index contributed by atoms with van der Waals surface area (Å²) in [6, 6.07) is 4.44. The van der Waals surface area contributed by atoms with Crippen molar-refractivity contribution in [3.8, 4) is 0 Å². The predicted octanol–water partition coefficient (Wildman–Crippen LogP) is 2.04. The molecule has 0 bridgehead atoms. The lowest BCUT2D eigenvalue weighted by molar-refractivity contribution is 0.629. The second kappa shape index (κ2) is 3.89. The van der Waals surface area contributed by atoms with E-state index in [0.717, 1.165) is 11.3 Å². The molecule has 0 aliphatic rings. The molecule has 0 amide bonds. The Morgan fingerprint density at radius 3 is 3.12 bits per heavy atom. The van der Waals surface area contributed by atoms with Crippen molar-refractivity contribution in [1.82, 2.24) is 19.9 Å². The number of hydrogen-bond donors (Lipinski definition) is 3. The number of nitrogens with zero attached hydrogens (tertiary/aromatic N) is 2. The molecule has 3 aromatic rings. The van der Waals surface area contributed by atoms with E-state index < -0.39 is 0 Å². The van der Waals surface area contributed by atoms with Crippen LogP contribution in [0.3, 0.4) is 0 Å². The molecule has 0 radical (unpaired) electrons. The van der Waals surface area contributed by atoms with E-state index in [0.29, 0.717) is 18.0 Å². The summed E-state index contributed by atoms with van der Waals surface area (Å²) in [6.07, 6.45) is 3.44. The number of aromatic amines is 2.